The average Bonchev–Trinajstić information content (AvgIpc) is 2.74. The molecule has 0 bridgehead atoms. The van der Waals surface area contributed by atoms with Crippen LogP contribution in [0.25, 0.3) is 0 Å². The van der Waals surface area contributed by atoms with Crippen molar-refractivity contribution < 1.29 is 9.90 Å². The number of nitrogens with one attached hydrogen (secondary N) is 2. The van der Waals surface area contributed by atoms with Gasteiger partial charge in [-0.25, -0.2) is 0 Å². The molecule has 13 heteroatoms. The summed E-state index contributed by atoms with van der Waals surface area (Å²) in [5, 5.41) is 16.0. The number of carbonyl (C=O) groups is 1. The highest BCUT2D eigenvalue weighted by Crippen LogP contribution is 2.33. The van der Waals surface area contributed by atoms with Crippen LogP contribution in [0.4, 0.5) is 29.2 Å². The van der Waals surface area contributed by atoms with E-state index in [2.05, 4.69) is 20.6 Å². The fraction of sp³-hybridized carbons (Fsp3) is 0.524. The summed E-state index contributed by atoms with van der Waals surface area (Å²) in [5.41, 5.74) is 25.4. The van der Waals surface area contributed by atoms with E-state index in [4.69, 9.17) is 27.9 Å². The quantitative estimate of drug-likeness (QED) is 0.262. The predicted molar refractivity (Wildman–Crippen MR) is 131 cm³/mol. The molecule has 0 radical (unpaired) electrons. The van der Waals surface area contributed by atoms with Crippen LogP contribution in [0.1, 0.15) is 19.8 Å². The molecule has 4 atom stereocenters. The molecule has 2 fully saturated rings. The van der Waals surface area contributed by atoms with Crippen LogP contribution < -0.4 is 43.4 Å². The van der Waals surface area contributed by atoms with E-state index in [1.165, 1.54) is 13.0 Å². The lowest BCUT2D eigenvalue weighted by Gasteiger charge is -2.37. The highest BCUT2D eigenvalue weighted by atomic mass is 16.3. The molecule has 1 aromatic carbocycles. The second-order valence-corrected chi connectivity index (χ2v) is 9.09. The summed E-state index contributed by atoms with van der Waals surface area (Å²) in [4.78, 5) is 29.4. The van der Waals surface area contributed by atoms with Gasteiger partial charge in [-0.1, -0.05) is 6.07 Å². The molecule has 34 heavy (non-hydrogen) atoms. The summed E-state index contributed by atoms with van der Waals surface area (Å²) >= 11 is 0. The van der Waals surface area contributed by atoms with Gasteiger partial charge in [0.15, 0.2) is 0 Å². The Labute approximate surface area is 197 Å². The van der Waals surface area contributed by atoms with Gasteiger partial charge in [0.25, 0.3) is 0 Å². The summed E-state index contributed by atoms with van der Waals surface area (Å²) in [6.07, 6.45) is 1.44. The Morgan fingerprint density at radius 1 is 0.912 bits per heavy atom. The molecule has 0 spiro atoms. The molecular weight excluding hydrogens is 438 g/mol. The number of aromatic nitrogens is 3. The van der Waals surface area contributed by atoms with Crippen molar-refractivity contribution in [3.05, 3.63) is 18.2 Å². The van der Waals surface area contributed by atoms with Crippen LogP contribution >= 0.6 is 0 Å². The lowest BCUT2D eigenvalue weighted by atomic mass is 10.0. The van der Waals surface area contributed by atoms with Gasteiger partial charge >= 0.3 is 0 Å². The maximum absolute atomic E-state index is 11.7. The molecule has 1 amide bonds. The summed E-state index contributed by atoms with van der Waals surface area (Å²) in [7, 11) is 0. The van der Waals surface area contributed by atoms with Crippen molar-refractivity contribution in [3.63, 3.8) is 0 Å². The first kappa shape index (κ1) is 23.9. The molecule has 2 aromatic rings. The molecule has 184 valence electrons. The number of nitrogens with two attached hydrogens (primary N) is 4. The average molecular weight is 472 g/mol. The number of phenolic OH excluding ortho intramolecular Hbond substituents is 1. The Morgan fingerprint density at radius 2 is 1.41 bits per heavy atom. The maximum Gasteiger partial charge on any atom is 0.233 e. The second-order valence-electron chi connectivity index (χ2n) is 9.09. The van der Waals surface area contributed by atoms with Gasteiger partial charge in [-0.2, -0.15) is 15.0 Å². The molecule has 3 heterocycles. The number of rotatable bonds is 5. The first-order valence-electron chi connectivity index (χ1n) is 11.3. The molecule has 0 saturated carbocycles. The minimum Gasteiger partial charge on any atom is -0.506 e. The monoisotopic (exact) mass is 471 g/mol. The van der Waals surface area contributed by atoms with Gasteiger partial charge in [0, 0.05) is 57.3 Å². The lowest BCUT2D eigenvalue weighted by Crippen LogP contribution is -2.54. The SMILES string of the molecule is CC(=O)Nc1c(O)cccc1Nc1nc(N2C[C@H](N)C[C@H](N)C2)nc(N2C[C@H](N)C[C@H](N)C2)n1. The number of hydrogen-bond acceptors (Lipinski definition) is 12. The number of benzene rings is 1. The van der Waals surface area contributed by atoms with Crippen LogP contribution in [0, 0.1) is 0 Å². The van der Waals surface area contributed by atoms with Crippen molar-refractivity contribution in [1.29, 1.82) is 0 Å². The molecule has 2 saturated heterocycles. The van der Waals surface area contributed by atoms with Gasteiger partial charge < -0.3 is 48.5 Å². The van der Waals surface area contributed by atoms with Crippen molar-refractivity contribution in [3.8, 4) is 5.75 Å². The molecule has 0 unspecified atom stereocenters. The Morgan fingerprint density at radius 3 is 1.88 bits per heavy atom. The van der Waals surface area contributed by atoms with Gasteiger partial charge in [-0.05, 0) is 25.0 Å². The van der Waals surface area contributed by atoms with Gasteiger partial charge in [0.1, 0.15) is 11.4 Å². The van der Waals surface area contributed by atoms with Gasteiger partial charge in [-0.3, -0.25) is 4.79 Å². The van der Waals surface area contributed by atoms with Crippen molar-refractivity contribution in [2.45, 2.75) is 43.9 Å². The van der Waals surface area contributed by atoms with Gasteiger partial charge in [0.2, 0.25) is 23.8 Å². The van der Waals surface area contributed by atoms with Crippen LogP contribution in [0.3, 0.4) is 0 Å². The number of piperidine rings is 2. The topological polar surface area (TPSA) is 211 Å². The van der Waals surface area contributed by atoms with Crippen LogP contribution in [0.2, 0.25) is 0 Å². The minimum absolute atomic E-state index is 0.0874. The number of para-hydroxylation sites is 1. The molecule has 2 aliphatic heterocycles. The molecule has 2 aliphatic rings. The molecule has 4 rings (SSSR count). The number of carbonyl (C=O) groups excluding carboxylic acids is 1. The van der Waals surface area contributed by atoms with Crippen LogP contribution in [-0.4, -0.2) is 76.3 Å². The lowest BCUT2D eigenvalue weighted by molar-refractivity contribution is -0.114. The van der Waals surface area contributed by atoms with Gasteiger partial charge in [-0.15, -0.1) is 0 Å². The van der Waals surface area contributed by atoms with E-state index in [9.17, 15) is 9.90 Å². The van der Waals surface area contributed by atoms with E-state index in [-0.39, 0.29) is 47.5 Å². The van der Waals surface area contributed by atoms with Crippen molar-refractivity contribution >= 4 is 35.1 Å². The van der Waals surface area contributed by atoms with E-state index in [0.29, 0.717) is 43.8 Å². The van der Waals surface area contributed by atoms with Crippen molar-refractivity contribution in [2.24, 2.45) is 22.9 Å². The van der Waals surface area contributed by atoms with E-state index < -0.39 is 0 Å². The van der Waals surface area contributed by atoms with E-state index in [1.807, 2.05) is 9.80 Å². The minimum atomic E-state index is -0.325. The van der Waals surface area contributed by atoms with E-state index in [0.717, 1.165) is 12.8 Å². The molecule has 1 aromatic heterocycles. The number of nitrogens with zero attached hydrogens (tertiary/aromatic N) is 5. The summed E-state index contributed by atoms with van der Waals surface area (Å²) in [6.45, 7) is 3.58. The van der Waals surface area contributed by atoms with Crippen LogP contribution in [0.5, 0.6) is 5.75 Å². The largest absolute Gasteiger partial charge is 0.506 e. The number of anilines is 5. The normalized spacial score (nSPS) is 25.2. The zero-order valence-corrected chi connectivity index (χ0v) is 19.2. The van der Waals surface area contributed by atoms with Crippen LogP contribution in [0.15, 0.2) is 18.2 Å². The van der Waals surface area contributed by atoms with E-state index >= 15 is 0 Å². The molecule has 0 aliphatic carbocycles. The highest BCUT2D eigenvalue weighted by Gasteiger charge is 2.29. The molecule has 13 nitrogen and oxygen atoms in total. The van der Waals surface area contributed by atoms with E-state index in [1.54, 1.807) is 12.1 Å². The smallest absolute Gasteiger partial charge is 0.233 e. The van der Waals surface area contributed by atoms with Crippen molar-refractivity contribution in [2.75, 3.05) is 46.6 Å². The summed E-state index contributed by atoms with van der Waals surface area (Å²) in [5.74, 6) is 0.668. The first-order chi connectivity index (χ1) is 16.2. The molecular formula is C21H33N11O2. The number of amides is 1. The van der Waals surface area contributed by atoms with Crippen molar-refractivity contribution in [1.82, 2.24) is 15.0 Å². The zero-order valence-electron chi connectivity index (χ0n) is 19.2. The Balaban J connectivity index is 1.72. The number of aromatic hydroxyl groups is 1. The predicted octanol–water partition coefficient (Wildman–Crippen LogP) is -0.991. The Hall–Kier alpha value is -3.26. The third-order valence-corrected chi connectivity index (χ3v) is 5.80. The first-order valence-corrected chi connectivity index (χ1v) is 11.3. The standard InChI is InChI=1S/C21H33N11O2/c1-11(33)26-18-16(3-2-4-17(18)34)27-19-28-20(31-7-12(22)5-13(23)8-31)30-21(29-19)32-9-14(24)6-15(25)10-32/h2-4,12-15,34H,5-10,22-25H2,1H3,(H,26,33)(H,27,28,29,30)/t12-,13+,14-,15+. The fourth-order valence-corrected chi connectivity index (χ4v) is 4.45. The maximum atomic E-state index is 11.7. The van der Waals surface area contributed by atoms with Gasteiger partial charge in [0.05, 0.1) is 5.69 Å². The second kappa shape index (κ2) is 9.93. The van der Waals surface area contributed by atoms with Crippen LogP contribution in [-0.2, 0) is 4.79 Å². The highest BCUT2D eigenvalue weighted by molar-refractivity contribution is 5.95. The summed E-state index contributed by atoms with van der Waals surface area (Å²) in [6, 6.07) is 4.42. The zero-order chi connectivity index (χ0) is 24.4. The Bertz CT molecular complexity index is 972. The third-order valence-electron chi connectivity index (χ3n) is 5.80. The third kappa shape index (κ3) is 5.62. The number of phenols is 1. The number of hydrogen-bond donors (Lipinski definition) is 7. The fourth-order valence-electron chi connectivity index (χ4n) is 4.45. The Kier molecular flexibility index (Phi) is 6.97. The summed E-state index contributed by atoms with van der Waals surface area (Å²) < 4.78 is 0. The molecule has 11 N–H and O–H groups in total.